The summed E-state index contributed by atoms with van der Waals surface area (Å²) in [7, 11) is 0. The molecule has 0 N–H and O–H groups in total. The summed E-state index contributed by atoms with van der Waals surface area (Å²) in [4.78, 5) is 12.1. The average molecular weight is 224 g/mol. The van der Waals surface area contributed by atoms with E-state index in [2.05, 4.69) is 27.7 Å². The molecule has 0 fully saturated rings. The number of carbonyl (C=O) groups is 1. The van der Waals surface area contributed by atoms with E-state index in [4.69, 9.17) is 4.74 Å². The third-order valence-corrected chi connectivity index (χ3v) is 3.73. The first-order chi connectivity index (χ1) is 7.44. The molecule has 2 heteroatoms. The predicted molar refractivity (Wildman–Crippen MR) is 66.1 cm³/mol. The lowest BCUT2D eigenvalue weighted by Crippen LogP contribution is -2.37. The fourth-order valence-corrected chi connectivity index (χ4v) is 2.73. The highest BCUT2D eigenvalue weighted by Gasteiger charge is 2.41. The van der Waals surface area contributed by atoms with Crippen LogP contribution in [-0.4, -0.2) is 12.6 Å². The summed E-state index contributed by atoms with van der Waals surface area (Å²) >= 11 is 0. The van der Waals surface area contributed by atoms with Crippen LogP contribution < -0.4 is 0 Å². The highest BCUT2D eigenvalue weighted by atomic mass is 16.5. The van der Waals surface area contributed by atoms with Gasteiger partial charge in [0.1, 0.15) is 0 Å². The quantitative estimate of drug-likeness (QED) is 0.539. The fourth-order valence-electron chi connectivity index (χ4n) is 2.73. The van der Waals surface area contributed by atoms with Gasteiger partial charge >= 0.3 is 5.97 Å². The van der Waals surface area contributed by atoms with Gasteiger partial charge in [0.05, 0.1) is 12.5 Å². The lowest BCUT2D eigenvalue weighted by molar-refractivity contribution is -0.151. The normalized spacial score (nSPS) is 24.4. The molecule has 1 rings (SSSR count). The van der Waals surface area contributed by atoms with Gasteiger partial charge in [-0.1, -0.05) is 31.9 Å². The van der Waals surface area contributed by atoms with Gasteiger partial charge in [0, 0.05) is 0 Å². The third-order valence-electron chi connectivity index (χ3n) is 3.73. The molecule has 0 heterocycles. The number of carbonyl (C=O) groups excluding carboxylic acids is 1. The van der Waals surface area contributed by atoms with Crippen molar-refractivity contribution in [2.75, 3.05) is 6.61 Å². The molecule has 1 aliphatic carbocycles. The second-order valence-electron chi connectivity index (χ2n) is 5.33. The number of hydrogen-bond acceptors (Lipinski definition) is 2. The van der Waals surface area contributed by atoms with Gasteiger partial charge in [-0.2, -0.15) is 0 Å². The molecule has 0 aliphatic heterocycles. The van der Waals surface area contributed by atoms with Crippen molar-refractivity contribution in [3.8, 4) is 0 Å². The van der Waals surface area contributed by atoms with E-state index >= 15 is 0 Å². The van der Waals surface area contributed by atoms with Gasteiger partial charge in [0.2, 0.25) is 0 Å². The van der Waals surface area contributed by atoms with Crippen molar-refractivity contribution in [1.82, 2.24) is 0 Å². The van der Waals surface area contributed by atoms with Crippen molar-refractivity contribution >= 4 is 5.97 Å². The average Bonchev–Trinajstić information content (AvgIpc) is 2.21. The van der Waals surface area contributed by atoms with E-state index in [1.165, 1.54) is 11.1 Å². The van der Waals surface area contributed by atoms with Gasteiger partial charge < -0.3 is 4.74 Å². The monoisotopic (exact) mass is 224 g/mol. The molecule has 1 unspecified atom stereocenters. The van der Waals surface area contributed by atoms with Crippen LogP contribution >= 0.6 is 0 Å². The molecule has 0 bridgehead atoms. The molecule has 16 heavy (non-hydrogen) atoms. The minimum atomic E-state index is -0.0385. The van der Waals surface area contributed by atoms with E-state index in [1.54, 1.807) is 0 Å². The van der Waals surface area contributed by atoms with Crippen LogP contribution in [0.3, 0.4) is 0 Å². The summed E-state index contributed by atoms with van der Waals surface area (Å²) < 4.78 is 5.22. The first-order valence-electron chi connectivity index (χ1n) is 6.29. The maximum atomic E-state index is 12.1. The highest BCUT2D eigenvalue weighted by Crippen LogP contribution is 2.45. The molecule has 0 saturated carbocycles. The second-order valence-corrected chi connectivity index (χ2v) is 5.33. The maximum absolute atomic E-state index is 12.1. The zero-order valence-electron chi connectivity index (χ0n) is 11.2. The summed E-state index contributed by atoms with van der Waals surface area (Å²) in [5, 5.41) is 0. The topological polar surface area (TPSA) is 26.3 Å². The first-order valence-corrected chi connectivity index (χ1v) is 6.29. The molecular formula is C14H24O2. The summed E-state index contributed by atoms with van der Waals surface area (Å²) in [5.74, 6) is -0.0744. The number of allylic oxidation sites excluding steroid dienone is 1. The third kappa shape index (κ3) is 2.47. The van der Waals surface area contributed by atoms with E-state index in [0.29, 0.717) is 6.61 Å². The van der Waals surface area contributed by atoms with Crippen LogP contribution in [-0.2, 0) is 9.53 Å². The van der Waals surface area contributed by atoms with Crippen LogP contribution in [0.25, 0.3) is 0 Å². The first kappa shape index (κ1) is 13.3. The largest absolute Gasteiger partial charge is 0.466 e. The number of ether oxygens (including phenoxy) is 1. The van der Waals surface area contributed by atoms with E-state index in [9.17, 15) is 4.79 Å². The Morgan fingerprint density at radius 2 is 2.06 bits per heavy atom. The minimum absolute atomic E-state index is 0.0359. The van der Waals surface area contributed by atoms with Crippen LogP contribution in [0.4, 0.5) is 0 Å². The minimum Gasteiger partial charge on any atom is -0.466 e. The molecule has 0 aromatic heterocycles. The van der Waals surface area contributed by atoms with Crippen molar-refractivity contribution < 1.29 is 9.53 Å². The zero-order chi connectivity index (χ0) is 12.3. The molecule has 1 atom stereocenters. The van der Waals surface area contributed by atoms with Crippen LogP contribution in [0.5, 0.6) is 0 Å². The predicted octanol–water partition coefficient (Wildman–Crippen LogP) is 3.71. The lowest BCUT2D eigenvalue weighted by atomic mass is 9.65. The summed E-state index contributed by atoms with van der Waals surface area (Å²) in [6.07, 6.45) is 3.15. The Hall–Kier alpha value is -0.790. The van der Waals surface area contributed by atoms with Crippen molar-refractivity contribution in [1.29, 1.82) is 0 Å². The zero-order valence-corrected chi connectivity index (χ0v) is 11.2. The van der Waals surface area contributed by atoms with Crippen molar-refractivity contribution in [3.63, 3.8) is 0 Å². The Labute approximate surface area is 99.1 Å². The molecule has 0 aromatic carbocycles. The van der Waals surface area contributed by atoms with Crippen molar-refractivity contribution in [2.24, 2.45) is 11.3 Å². The Bertz CT molecular complexity index is 300. The Morgan fingerprint density at radius 1 is 1.44 bits per heavy atom. The molecule has 0 aromatic rings. The molecule has 2 nitrogen and oxygen atoms in total. The van der Waals surface area contributed by atoms with E-state index in [-0.39, 0.29) is 17.3 Å². The number of rotatable bonds is 3. The fraction of sp³-hybridized carbons (Fsp3) is 0.786. The van der Waals surface area contributed by atoms with Crippen LogP contribution in [0.2, 0.25) is 0 Å². The molecule has 92 valence electrons. The number of hydrogen-bond donors (Lipinski definition) is 0. The van der Waals surface area contributed by atoms with Gasteiger partial charge in [-0.3, -0.25) is 4.79 Å². The molecule has 1 aliphatic rings. The van der Waals surface area contributed by atoms with Gasteiger partial charge in [0.25, 0.3) is 0 Å². The van der Waals surface area contributed by atoms with Gasteiger partial charge in [-0.25, -0.2) is 0 Å². The summed E-state index contributed by atoms with van der Waals surface area (Å²) in [6, 6.07) is 0. The van der Waals surface area contributed by atoms with Gasteiger partial charge in [-0.05, 0) is 38.5 Å². The van der Waals surface area contributed by atoms with Crippen molar-refractivity contribution in [2.45, 2.75) is 53.9 Å². The smallest absolute Gasteiger partial charge is 0.313 e. The second kappa shape index (κ2) is 5.03. The van der Waals surface area contributed by atoms with Crippen LogP contribution in [0.1, 0.15) is 53.9 Å². The van der Waals surface area contributed by atoms with Crippen molar-refractivity contribution in [3.05, 3.63) is 11.1 Å². The lowest BCUT2D eigenvalue weighted by Gasteiger charge is -2.39. The SMILES string of the molecule is CCOC(=O)C1C(CC)=C(C)CCC1(C)C. The number of esters is 1. The molecular weight excluding hydrogens is 200 g/mol. The van der Waals surface area contributed by atoms with Crippen LogP contribution in [0.15, 0.2) is 11.1 Å². The molecule has 0 saturated heterocycles. The molecule has 0 amide bonds. The van der Waals surface area contributed by atoms with Gasteiger partial charge in [0.15, 0.2) is 0 Å². The summed E-state index contributed by atoms with van der Waals surface area (Å²) in [5.41, 5.74) is 2.73. The van der Waals surface area contributed by atoms with E-state index < -0.39 is 0 Å². The van der Waals surface area contributed by atoms with Gasteiger partial charge in [-0.15, -0.1) is 0 Å². The molecule has 0 spiro atoms. The highest BCUT2D eigenvalue weighted by molar-refractivity contribution is 5.77. The molecule has 0 radical (unpaired) electrons. The standard InChI is InChI=1S/C14H24O2/c1-6-11-10(3)8-9-14(4,5)12(11)13(15)16-7-2/h12H,6-9H2,1-5H3. The Kier molecular flexibility index (Phi) is 4.17. The Morgan fingerprint density at radius 3 is 2.56 bits per heavy atom. The van der Waals surface area contributed by atoms with E-state index in [0.717, 1.165) is 19.3 Å². The van der Waals surface area contributed by atoms with E-state index in [1.807, 2.05) is 6.92 Å². The Balaban J connectivity index is 3.05. The maximum Gasteiger partial charge on any atom is 0.313 e. The summed E-state index contributed by atoms with van der Waals surface area (Å²) in [6.45, 7) is 11.0. The van der Waals surface area contributed by atoms with Crippen LogP contribution in [0, 0.1) is 11.3 Å².